The Morgan fingerprint density at radius 2 is 1.84 bits per heavy atom. The second-order valence-electron chi connectivity index (χ2n) is 11.4. The standard InChI is InChI=1S/C30H39N5O2/c1-16(2)21-14-25-23(13-22(21)18(5)28(31-9)17(3)4)20-11-10-19(12-24(20)33-25)32-29(36)34-27-15-26(37-35-27)30(6,7)8/h10-16,21,31,33H,1-9H3,(H2,32,34,35,36)/b22-18-. The average molecular weight is 502 g/mol. The number of hydrogen-bond donors (Lipinski definition) is 4. The predicted molar refractivity (Wildman–Crippen MR) is 153 cm³/mol. The number of nitrogens with one attached hydrogen (secondary N) is 4. The van der Waals surface area contributed by atoms with Gasteiger partial charge in [0.2, 0.25) is 0 Å². The van der Waals surface area contributed by atoms with Crippen LogP contribution in [0.25, 0.3) is 23.1 Å². The highest BCUT2D eigenvalue weighted by Crippen LogP contribution is 2.31. The molecule has 3 aromatic rings. The first-order valence-electron chi connectivity index (χ1n) is 12.9. The van der Waals surface area contributed by atoms with Crippen molar-refractivity contribution in [3.8, 4) is 0 Å². The van der Waals surface area contributed by atoms with Crippen molar-refractivity contribution in [3.05, 3.63) is 63.0 Å². The first-order valence-corrected chi connectivity index (χ1v) is 12.9. The van der Waals surface area contributed by atoms with Gasteiger partial charge in [-0.1, -0.05) is 57.5 Å². The summed E-state index contributed by atoms with van der Waals surface area (Å²) in [7, 11) is 1.98. The predicted octanol–water partition coefficient (Wildman–Crippen LogP) is 5.77. The van der Waals surface area contributed by atoms with Gasteiger partial charge >= 0.3 is 6.03 Å². The Balaban J connectivity index is 1.67. The van der Waals surface area contributed by atoms with Gasteiger partial charge in [-0.3, -0.25) is 5.32 Å². The quantitative estimate of drug-likeness (QED) is 0.357. The normalized spacial score (nSPS) is 16.5. The van der Waals surface area contributed by atoms with Gasteiger partial charge in [-0.25, -0.2) is 4.79 Å². The molecular weight excluding hydrogens is 462 g/mol. The molecule has 4 rings (SSSR count). The number of rotatable bonds is 5. The molecule has 2 heterocycles. The van der Waals surface area contributed by atoms with Crippen LogP contribution in [0, 0.1) is 11.8 Å². The van der Waals surface area contributed by atoms with E-state index in [1.807, 2.05) is 40.0 Å². The number of nitrogens with zero attached hydrogens (tertiary/aromatic N) is 1. The molecule has 0 aliphatic heterocycles. The second kappa shape index (κ2) is 9.96. The Kier molecular flexibility index (Phi) is 7.09. The van der Waals surface area contributed by atoms with Crippen LogP contribution in [0.3, 0.4) is 0 Å². The van der Waals surface area contributed by atoms with E-state index in [0.717, 1.165) is 16.3 Å². The van der Waals surface area contributed by atoms with Crippen LogP contribution in [-0.2, 0) is 5.41 Å². The zero-order valence-electron chi connectivity index (χ0n) is 23.4. The lowest BCUT2D eigenvalue weighted by atomic mass is 9.81. The maximum atomic E-state index is 12.6. The molecule has 1 unspecified atom stereocenters. The van der Waals surface area contributed by atoms with Crippen molar-refractivity contribution in [2.75, 3.05) is 17.7 Å². The number of anilines is 2. The second-order valence-corrected chi connectivity index (χ2v) is 11.4. The molecule has 1 atom stereocenters. The number of benzene rings is 1. The smallest absolute Gasteiger partial charge is 0.324 e. The van der Waals surface area contributed by atoms with Crippen molar-refractivity contribution in [2.24, 2.45) is 11.8 Å². The number of hydrogen-bond acceptors (Lipinski definition) is 4. The summed E-state index contributed by atoms with van der Waals surface area (Å²) in [6.45, 7) is 17.1. The molecule has 2 aromatic heterocycles. The molecule has 0 radical (unpaired) electrons. The van der Waals surface area contributed by atoms with Crippen LogP contribution < -0.4 is 26.5 Å². The van der Waals surface area contributed by atoms with E-state index in [4.69, 9.17) is 4.52 Å². The molecule has 0 saturated heterocycles. The molecule has 1 aromatic carbocycles. The fourth-order valence-electron chi connectivity index (χ4n) is 4.96. The lowest BCUT2D eigenvalue weighted by Gasteiger charge is -2.25. The van der Waals surface area contributed by atoms with Crippen molar-refractivity contribution in [2.45, 2.75) is 60.8 Å². The van der Waals surface area contributed by atoms with E-state index in [2.05, 4.69) is 78.9 Å². The van der Waals surface area contributed by atoms with Gasteiger partial charge in [0.25, 0.3) is 0 Å². The van der Waals surface area contributed by atoms with Crippen LogP contribution in [0.2, 0.25) is 0 Å². The van der Waals surface area contributed by atoms with Crippen molar-refractivity contribution >= 4 is 40.6 Å². The summed E-state index contributed by atoms with van der Waals surface area (Å²) in [5.74, 6) is 1.84. The zero-order chi connectivity index (χ0) is 27.1. The molecule has 7 heteroatoms. The molecule has 0 bridgehead atoms. The van der Waals surface area contributed by atoms with Gasteiger partial charge in [0.1, 0.15) is 5.76 Å². The maximum Gasteiger partial charge on any atom is 0.324 e. The Morgan fingerprint density at radius 3 is 2.43 bits per heavy atom. The van der Waals surface area contributed by atoms with E-state index in [1.54, 1.807) is 6.07 Å². The largest absolute Gasteiger partial charge is 0.388 e. The summed E-state index contributed by atoms with van der Waals surface area (Å²) in [4.78, 5) is 16.2. The number of amides is 2. The Labute approximate surface area is 218 Å². The highest BCUT2D eigenvalue weighted by molar-refractivity contribution is 6.00. The molecule has 1 aliphatic carbocycles. The summed E-state index contributed by atoms with van der Waals surface area (Å²) in [6, 6.07) is 7.33. The molecule has 0 spiro atoms. The number of carbonyl (C=O) groups excluding carboxylic acids is 1. The number of aromatic nitrogens is 2. The number of H-pyrrole nitrogens is 1. The van der Waals surface area contributed by atoms with E-state index < -0.39 is 0 Å². The summed E-state index contributed by atoms with van der Waals surface area (Å²) < 4.78 is 5.36. The van der Waals surface area contributed by atoms with Gasteiger partial charge in [-0.05, 0) is 56.0 Å². The van der Waals surface area contributed by atoms with Crippen molar-refractivity contribution in [1.82, 2.24) is 15.5 Å². The van der Waals surface area contributed by atoms with Gasteiger partial charge in [0.15, 0.2) is 5.82 Å². The number of allylic oxidation sites excluding steroid dienone is 3. The van der Waals surface area contributed by atoms with Crippen molar-refractivity contribution in [3.63, 3.8) is 0 Å². The fourth-order valence-corrected chi connectivity index (χ4v) is 4.96. The van der Waals surface area contributed by atoms with E-state index in [1.165, 1.54) is 27.6 Å². The monoisotopic (exact) mass is 501 g/mol. The van der Waals surface area contributed by atoms with E-state index >= 15 is 0 Å². The highest BCUT2D eigenvalue weighted by atomic mass is 16.5. The average Bonchev–Trinajstić information content (AvgIpc) is 3.42. The first-order chi connectivity index (χ1) is 17.4. The van der Waals surface area contributed by atoms with Crippen LogP contribution in [0.5, 0.6) is 0 Å². The van der Waals surface area contributed by atoms with E-state index in [-0.39, 0.29) is 11.4 Å². The molecule has 7 nitrogen and oxygen atoms in total. The maximum absolute atomic E-state index is 12.6. The van der Waals surface area contributed by atoms with E-state index in [9.17, 15) is 4.79 Å². The topological polar surface area (TPSA) is 95.0 Å². The number of fused-ring (bicyclic) bond motifs is 3. The highest BCUT2D eigenvalue weighted by Gasteiger charge is 2.23. The molecule has 0 fully saturated rings. The molecule has 37 heavy (non-hydrogen) atoms. The number of aromatic amines is 1. The zero-order valence-corrected chi connectivity index (χ0v) is 23.4. The minimum absolute atomic E-state index is 0.183. The van der Waals surface area contributed by atoms with Crippen molar-refractivity contribution < 1.29 is 9.32 Å². The third-order valence-electron chi connectivity index (χ3n) is 6.90. The molecular formula is C30H39N5O2. The number of carbonyl (C=O) groups is 1. The third kappa shape index (κ3) is 5.36. The summed E-state index contributed by atoms with van der Waals surface area (Å²) >= 11 is 0. The minimum atomic E-state index is -0.371. The molecule has 1 aliphatic rings. The molecule has 4 N–H and O–H groups in total. The third-order valence-corrected chi connectivity index (χ3v) is 6.90. The SMILES string of the molecule is CNC(=C(C)C)/C(C)=C1/C=c2c([nH]c3cc(NC(=O)Nc4cc(C(C)(C)C)on4)ccc23)=CC1C(C)C. The minimum Gasteiger partial charge on any atom is -0.388 e. The fraction of sp³-hybridized carbons (Fsp3) is 0.400. The Morgan fingerprint density at radius 1 is 1.11 bits per heavy atom. The number of urea groups is 1. The van der Waals surface area contributed by atoms with Gasteiger partial charge in [-0.2, -0.15) is 0 Å². The molecule has 0 saturated carbocycles. The summed E-state index contributed by atoms with van der Waals surface area (Å²) in [5.41, 5.74) is 6.54. The first kappa shape index (κ1) is 26.3. The van der Waals surface area contributed by atoms with Crippen LogP contribution in [-0.4, -0.2) is 23.2 Å². The van der Waals surface area contributed by atoms with Gasteiger partial charge < -0.3 is 20.1 Å². The Bertz CT molecular complexity index is 1520. The van der Waals surface area contributed by atoms with Gasteiger partial charge in [0, 0.05) is 57.3 Å². The Hall–Kier alpha value is -3.74. The van der Waals surface area contributed by atoms with Crippen LogP contribution in [0.4, 0.5) is 16.3 Å². The summed E-state index contributed by atoms with van der Waals surface area (Å²) in [5, 5.41) is 16.4. The molecule has 196 valence electrons. The lowest BCUT2D eigenvalue weighted by Crippen LogP contribution is -2.31. The van der Waals surface area contributed by atoms with Gasteiger partial charge in [-0.15, -0.1) is 0 Å². The van der Waals surface area contributed by atoms with Crippen LogP contribution in [0.1, 0.15) is 61.2 Å². The van der Waals surface area contributed by atoms with Crippen LogP contribution in [0.15, 0.2) is 51.2 Å². The van der Waals surface area contributed by atoms with Crippen LogP contribution >= 0.6 is 0 Å². The van der Waals surface area contributed by atoms with Gasteiger partial charge in [0.05, 0.1) is 0 Å². The number of likely N-dealkylation sites (N-methyl/N-ethyl adjacent to an activating group) is 1. The lowest BCUT2D eigenvalue weighted by molar-refractivity contribution is 0.262. The summed E-state index contributed by atoms with van der Waals surface area (Å²) in [6.07, 6.45) is 4.67. The van der Waals surface area contributed by atoms with Crippen molar-refractivity contribution in [1.29, 1.82) is 0 Å². The molecule has 2 amide bonds. The van der Waals surface area contributed by atoms with E-state index in [0.29, 0.717) is 29.1 Å².